The molecule has 1 saturated carbocycles. The highest BCUT2D eigenvalue weighted by Gasteiger charge is 2.44. The molecular weight excluding hydrogens is 306 g/mol. The van der Waals surface area contributed by atoms with Crippen molar-refractivity contribution in [3.8, 4) is 0 Å². The molecule has 3 rings (SSSR count). The number of thiophene rings is 1. The van der Waals surface area contributed by atoms with Gasteiger partial charge in [-0.1, -0.05) is 6.07 Å². The van der Waals surface area contributed by atoms with Gasteiger partial charge in [-0.05, 0) is 30.7 Å². The molecule has 5 heteroatoms. The predicted octanol–water partition coefficient (Wildman–Crippen LogP) is 3.36. The third-order valence-corrected chi connectivity index (χ3v) is 6.53. The fraction of sp³-hybridized carbons (Fsp3) is 0.667. The van der Waals surface area contributed by atoms with Crippen LogP contribution in [0.3, 0.4) is 0 Å². The first kappa shape index (κ1) is 16.5. The SMILES string of the molecule is [C-]#[N+]C1(c2cccs2)CCC(N2CCCN(C(C)=O)CC2)CC1. The molecule has 124 valence electrons. The minimum Gasteiger partial charge on any atom is -0.342 e. The standard InChI is InChI=1S/C18H25N3OS/c1-15(22)20-10-4-11-21(13-12-20)16-6-8-18(19-2,9-7-16)17-5-3-14-23-17/h3,5,14,16H,4,6-13H2,1H3. The van der Waals surface area contributed by atoms with Crippen LogP contribution in [0.25, 0.3) is 4.85 Å². The molecular formula is C18H25N3OS. The highest BCUT2D eigenvalue weighted by Crippen LogP contribution is 2.43. The highest BCUT2D eigenvalue weighted by molar-refractivity contribution is 7.10. The van der Waals surface area contributed by atoms with Crippen LogP contribution in [0.5, 0.6) is 0 Å². The number of carbonyl (C=O) groups excluding carboxylic acids is 1. The lowest BCUT2D eigenvalue weighted by Gasteiger charge is -2.37. The van der Waals surface area contributed by atoms with Crippen LogP contribution in [0, 0.1) is 6.57 Å². The number of rotatable bonds is 2. The Morgan fingerprint density at radius 1 is 1.30 bits per heavy atom. The fourth-order valence-electron chi connectivity index (χ4n) is 4.02. The van der Waals surface area contributed by atoms with Gasteiger partial charge in [0.15, 0.2) is 0 Å². The van der Waals surface area contributed by atoms with Crippen molar-refractivity contribution >= 4 is 17.2 Å². The van der Waals surface area contributed by atoms with Crippen LogP contribution in [0.4, 0.5) is 0 Å². The van der Waals surface area contributed by atoms with Crippen molar-refractivity contribution in [3.05, 3.63) is 33.8 Å². The average molecular weight is 331 g/mol. The second-order valence-electron chi connectivity index (χ2n) is 6.75. The van der Waals surface area contributed by atoms with Crippen molar-refractivity contribution < 1.29 is 4.79 Å². The topological polar surface area (TPSA) is 27.9 Å². The number of hydrogen-bond donors (Lipinski definition) is 0. The Balaban J connectivity index is 1.61. The van der Waals surface area contributed by atoms with E-state index in [2.05, 4.69) is 27.3 Å². The van der Waals surface area contributed by atoms with Crippen molar-refractivity contribution in [1.29, 1.82) is 0 Å². The van der Waals surface area contributed by atoms with Crippen molar-refractivity contribution in [2.24, 2.45) is 0 Å². The maximum absolute atomic E-state index is 11.6. The van der Waals surface area contributed by atoms with E-state index in [0.29, 0.717) is 6.04 Å². The maximum atomic E-state index is 11.6. The zero-order chi connectivity index (χ0) is 16.3. The van der Waals surface area contributed by atoms with Crippen LogP contribution < -0.4 is 0 Å². The zero-order valence-electron chi connectivity index (χ0n) is 13.8. The Morgan fingerprint density at radius 2 is 2.09 bits per heavy atom. The molecule has 0 atom stereocenters. The van der Waals surface area contributed by atoms with Gasteiger partial charge in [-0.15, -0.1) is 11.3 Å². The molecule has 0 radical (unpaired) electrons. The predicted molar refractivity (Wildman–Crippen MR) is 93.3 cm³/mol. The van der Waals surface area contributed by atoms with Gasteiger partial charge >= 0.3 is 0 Å². The summed E-state index contributed by atoms with van der Waals surface area (Å²) in [5.41, 5.74) is -0.276. The first-order chi connectivity index (χ1) is 11.1. The van der Waals surface area contributed by atoms with E-state index in [0.717, 1.165) is 58.3 Å². The molecule has 0 N–H and O–H groups in total. The quantitative estimate of drug-likeness (QED) is 0.777. The Hall–Kier alpha value is -1.38. The van der Waals surface area contributed by atoms with Crippen LogP contribution in [-0.2, 0) is 10.3 Å². The van der Waals surface area contributed by atoms with E-state index in [9.17, 15) is 4.79 Å². The van der Waals surface area contributed by atoms with Crippen LogP contribution in [0.2, 0.25) is 0 Å². The first-order valence-electron chi connectivity index (χ1n) is 8.57. The van der Waals surface area contributed by atoms with E-state index < -0.39 is 0 Å². The normalized spacial score (nSPS) is 29.7. The second kappa shape index (κ2) is 7.02. The molecule has 1 aromatic heterocycles. The minimum absolute atomic E-state index is 0.195. The van der Waals surface area contributed by atoms with Crippen molar-refractivity contribution in [3.63, 3.8) is 0 Å². The largest absolute Gasteiger partial charge is 0.342 e. The summed E-state index contributed by atoms with van der Waals surface area (Å²) in [6.07, 6.45) is 5.19. The van der Waals surface area contributed by atoms with Crippen molar-refractivity contribution in [2.45, 2.75) is 50.6 Å². The van der Waals surface area contributed by atoms with Crippen LogP contribution >= 0.6 is 11.3 Å². The molecule has 0 aromatic carbocycles. The molecule has 1 saturated heterocycles. The summed E-state index contributed by atoms with van der Waals surface area (Å²) in [6, 6.07) is 4.76. The number of amides is 1. The molecule has 1 aliphatic carbocycles. The Morgan fingerprint density at radius 3 is 2.70 bits per heavy atom. The number of hydrogen-bond acceptors (Lipinski definition) is 3. The van der Waals surface area contributed by atoms with E-state index in [1.54, 1.807) is 18.3 Å². The molecule has 2 aliphatic rings. The van der Waals surface area contributed by atoms with Gasteiger partial charge in [-0.25, -0.2) is 6.57 Å². The summed E-state index contributed by atoms with van der Waals surface area (Å²) in [5.74, 6) is 0.195. The van der Waals surface area contributed by atoms with E-state index >= 15 is 0 Å². The molecule has 0 spiro atoms. The summed E-state index contributed by atoms with van der Waals surface area (Å²) in [5, 5.41) is 2.08. The van der Waals surface area contributed by atoms with Gasteiger partial charge < -0.3 is 9.74 Å². The van der Waals surface area contributed by atoms with Gasteiger partial charge in [0.2, 0.25) is 5.91 Å². The Bertz CT molecular complexity index is 570. The lowest BCUT2D eigenvalue weighted by atomic mass is 9.78. The smallest absolute Gasteiger partial charge is 0.266 e. The van der Waals surface area contributed by atoms with Gasteiger partial charge in [0.1, 0.15) is 0 Å². The van der Waals surface area contributed by atoms with E-state index in [1.165, 1.54) is 4.88 Å². The first-order valence-corrected chi connectivity index (χ1v) is 9.45. The zero-order valence-corrected chi connectivity index (χ0v) is 14.6. The third kappa shape index (κ3) is 3.44. The molecule has 1 aromatic rings. The number of carbonyl (C=O) groups is 1. The van der Waals surface area contributed by atoms with Crippen LogP contribution in [0.1, 0.15) is 43.9 Å². The van der Waals surface area contributed by atoms with Crippen molar-refractivity contribution in [1.82, 2.24) is 9.80 Å². The summed E-state index contributed by atoms with van der Waals surface area (Å²) < 4.78 is 0. The van der Waals surface area contributed by atoms with Crippen LogP contribution in [-0.4, -0.2) is 47.9 Å². The van der Waals surface area contributed by atoms with E-state index in [-0.39, 0.29) is 11.4 Å². The van der Waals surface area contributed by atoms with Gasteiger partial charge in [-0.2, -0.15) is 0 Å². The summed E-state index contributed by atoms with van der Waals surface area (Å²) in [7, 11) is 0. The van der Waals surface area contributed by atoms with Gasteiger partial charge in [0.25, 0.3) is 5.54 Å². The highest BCUT2D eigenvalue weighted by atomic mass is 32.1. The maximum Gasteiger partial charge on any atom is 0.266 e. The molecule has 23 heavy (non-hydrogen) atoms. The lowest BCUT2D eigenvalue weighted by Crippen LogP contribution is -2.43. The summed E-state index contributed by atoms with van der Waals surface area (Å²) in [4.78, 5) is 21.4. The molecule has 2 fully saturated rings. The van der Waals surface area contributed by atoms with E-state index in [4.69, 9.17) is 6.57 Å². The monoisotopic (exact) mass is 331 g/mol. The van der Waals surface area contributed by atoms with Crippen molar-refractivity contribution in [2.75, 3.05) is 26.2 Å². The van der Waals surface area contributed by atoms with Gasteiger partial charge in [0.05, 0.1) is 4.88 Å². The van der Waals surface area contributed by atoms with E-state index in [1.807, 2.05) is 4.90 Å². The van der Waals surface area contributed by atoms with Gasteiger partial charge in [0, 0.05) is 52.0 Å². The molecule has 2 heterocycles. The average Bonchev–Trinajstić information content (AvgIpc) is 3.00. The Kier molecular flexibility index (Phi) is 5.03. The molecule has 1 aliphatic heterocycles. The second-order valence-corrected chi connectivity index (χ2v) is 7.70. The summed E-state index contributed by atoms with van der Waals surface area (Å²) >= 11 is 1.73. The Labute approximate surface area is 142 Å². The lowest BCUT2D eigenvalue weighted by molar-refractivity contribution is -0.128. The fourth-order valence-corrected chi connectivity index (χ4v) is 4.95. The summed E-state index contributed by atoms with van der Waals surface area (Å²) in [6.45, 7) is 13.2. The molecule has 0 unspecified atom stereocenters. The van der Waals surface area contributed by atoms with Gasteiger partial charge in [-0.3, -0.25) is 9.69 Å². The third-order valence-electron chi connectivity index (χ3n) is 5.47. The molecule has 4 nitrogen and oxygen atoms in total. The molecule has 0 bridgehead atoms. The van der Waals surface area contributed by atoms with Crippen LogP contribution in [0.15, 0.2) is 17.5 Å². The minimum atomic E-state index is -0.276. The molecule has 1 amide bonds. The number of nitrogens with zero attached hydrogens (tertiary/aromatic N) is 3.